The predicted molar refractivity (Wildman–Crippen MR) is 136 cm³/mol. The Morgan fingerprint density at radius 2 is 1.31 bits per heavy atom. The van der Waals surface area contributed by atoms with Crippen LogP contribution in [0.1, 0.15) is 26.2 Å². The standard InChI is InChI=1S/C28H28N2OS/c1-22(31)32-21-13-5-12-20-30-28(25-18-10-4-11-19-25)26(23-14-6-2-7-15-23)27(29-30)24-16-8-3-9-17-24/h2-4,6-11,14-19H,5,12-13,20-21H2,1H3. The van der Waals surface area contributed by atoms with Crippen LogP contribution in [0.2, 0.25) is 0 Å². The van der Waals surface area contributed by atoms with Crippen LogP contribution in [0.5, 0.6) is 0 Å². The highest BCUT2D eigenvalue weighted by atomic mass is 32.2. The van der Waals surface area contributed by atoms with Crippen LogP contribution in [0, 0.1) is 0 Å². The van der Waals surface area contributed by atoms with Gasteiger partial charge in [-0.05, 0) is 18.4 Å². The fourth-order valence-electron chi connectivity index (χ4n) is 3.95. The number of carbonyl (C=O) groups excluding carboxylic acids is 1. The molecule has 0 fully saturated rings. The van der Waals surface area contributed by atoms with E-state index >= 15 is 0 Å². The van der Waals surface area contributed by atoms with E-state index < -0.39 is 0 Å². The van der Waals surface area contributed by atoms with Crippen LogP contribution in [0.15, 0.2) is 91.0 Å². The van der Waals surface area contributed by atoms with Gasteiger partial charge in [0.15, 0.2) is 5.12 Å². The number of thioether (sulfide) groups is 1. The highest BCUT2D eigenvalue weighted by Crippen LogP contribution is 2.40. The lowest BCUT2D eigenvalue weighted by Gasteiger charge is -2.11. The molecule has 3 aromatic carbocycles. The number of rotatable bonds is 9. The number of hydrogen-bond acceptors (Lipinski definition) is 3. The highest BCUT2D eigenvalue weighted by molar-refractivity contribution is 8.13. The minimum atomic E-state index is 0.198. The van der Waals surface area contributed by atoms with E-state index in [1.165, 1.54) is 28.5 Å². The Kier molecular flexibility index (Phi) is 7.57. The molecular weight excluding hydrogens is 412 g/mol. The fraction of sp³-hybridized carbons (Fsp3) is 0.214. The summed E-state index contributed by atoms with van der Waals surface area (Å²) in [5.74, 6) is 0.893. The van der Waals surface area contributed by atoms with E-state index in [1.54, 1.807) is 6.92 Å². The highest BCUT2D eigenvalue weighted by Gasteiger charge is 2.21. The molecule has 0 saturated carbocycles. The van der Waals surface area contributed by atoms with Crippen molar-refractivity contribution in [3.8, 4) is 33.6 Å². The number of aromatic nitrogens is 2. The molecule has 4 aromatic rings. The zero-order valence-corrected chi connectivity index (χ0v) is 19.2. The van der Waals surface area contributed by atoms with E-state index in [1.807, 2.05) is 6.07 Å². The molecule has 4 rings (SSSR count). The Morgan fingerprint density at radius 3 is 1.91 bits per heavy atom. The second kappa shape index (κ2) is 11.0. The van der Waals surface area contributed by atoms with Gasteiger partial charge in [-0.2, -0.15) is 5.10 Å². The van der Waals surface area contributed by atoms with Crippen molar-refractivity contribution < 1.29 is 4.79 Å². The Hall–Kier alpha value is -3.11. The molecule has 0 unspecified atom stereocenters. The average molecular weight is 441 g/mol. The molecule has 1 heterocycles. The van der Waals surface area contributed by atoms with Crippen molar-refractivity contribution in [3.63, 3.8) is 0 Å². The van der Waals surface area contributed by atoms with E-state index in [9.17, 15) is 4.79 Å². The average Bonchev–Trinajstić information content (AvgIpc) is 3.22. The number of unbranched alkanes of at least 4 members (excludes halogenated alkanes) is 2. The molecule has 0 amide bonds. The first-order chi connectivity index (χ1) is 15.7. The van der Waals surface area contributed by atoms with Gasteiger partial charge in [0.25, 0.3) is 0 Å². The van der Waals surface area contributed by atoms with Gasteiger partial charge in [-0.3, -0.25) is 9.48 Å². The van der Waals surface area contributed by atoms with Crippen molar-refractivity contribution in [3.05, 3.63) is 91.0 Å². The van der Waals surface area contributed by atoms with Gasteiger partial charge in [-0.25, -0.2) is 0 Å². The van der Waals surface area contributed by atoms with Crippen LogP contribution in [-0.4, -0.2) is 20.6 Å². The van der Waals surface area contributed by atoms with Crippen LogP contribution >= 0.6 is 11.8 Å². The maximum Gasteiger partial charge on any atom is 0.185 e. The molecule has 0 N–H and O–H groups in total. The van der Waals surface area contributed by atoms with Crippen LogP contribution in [0.3, 0.4) is 0 Å². The number of benzene rings is 3. The van der Waals surface area contributed by atoms with Gasteiger partial charge in [-0.1, -0.05) is 109 Å². The predicted octanol–water partition coefficient (Wildman–Crippen LogP) is 7.33. The molecule has 1 aromatic heterocycles. The van der Waals surface area contributed by atoms with E-state index in [-0.39, 0.29) is 5.12 Å². The summed E-state index contributed by atoms with van der Waals surface area (Å²) in [7, 11) is 0. The SMILES string of the molecule is CC(=O)SCCCCCn1nc(-c2ccccc2)c(-c2ccccc2)c1-c1ccccc1. The Balaban J connectivity index is 1.74. The van der Waals surface area contributed by atoms with Crippen LogP contribution in [0.25, 0.3) is 33.6 Å². The molecule has 0 radical (unpaired) electrons. The van der Waals surface area contributed by atoms with Gasteiger partial charge < -0.3 is 0 Å². The largest absolute Gasteiger partial charge is 0.288 e. The molecule has 32 heavy (non-hydrogen) atoms. The zero-order chi connectivity index (χ0) is 22.2. The van der Waals surface area contributed by atoms with Gasteiger partial charge in [0, 0.05) is 35.9 Å². The van der Waals surface area contributed by atoms with Crippen LogP contribution in [0.4, 0.5) is 0 Å². The lowest BCUT2D eigenvalue weighted by Crippen LogP contribution is -2.03. The summed E-state index contributed by atoms with van der Waals surface area (Å²) in [5.41, 5.74) is 6.83. The Labute approximate surface area is 194 Å². The number of nitrogens with zero attached hydrogens (tertiary/aromatic N) is 2. The molecule has 4 heteroatoms. The minimum Gasteiger partial charge on any atom is -0.288 e. The first-order valence-corrected chi connectivity index (χ1v) is 12.1. The summed E-state index contributed by atoms with van der Waals surface area (Å²) in [6.07, 6.45) is 3.15. The van der Waals surface area contributed by atoms with Crippen molar-refractivity contribution in [2.75, 3.05) is 5.75 Å². The second-order valence-corrected chi connectivity index (χ2v) is 9.07. The number of aryl methyl sites for hydroxylation is 1. The molecule has 162 valence electrons. The normalized spacial score (nSPS) is 10.9. The summed E-state index contributed by atoms with van der Waals surface area (Å²) >= 11 is 1.42. The lowest BCUT2D eigenvalue weighted by molar-refractivity contribution is -0.109. The van der Waals surface area contributed by atoms with Crippen molar-refractivity contribution in [1.82, 2.24) is 9.78 Å². The molecule has 0 aliphatic rings. The third-order valence-corrected chi connectivity index (χ3v) is 6.33. The Morgan fingerprint density at radius 1 is 0.750 bits per heavy atom. The molecule has 0 atom stereocenters. The van der Waals surface area contributed by atoms with Gasteiger partial charge in [0.1, 0.15) is 5.69 Å². The van der Waals surface area contributed by atoms with Gasteiger partial charge in [0.2, 0.25) is 0 Å². The first kappa shape index (κ1) is 22.1. The maximum atomic E-state index is 11.2. The van der Waals surface area contributed by atoms with Gasteiger partial charge >= 0.3 is 0 Å². The van der Waals surface area contributed by atoms with E-state index in [2.05, 4.69) is 89.6 Å². The molecular formula is C28H28N2OS. The summed E-state index contributed by atoms with van der Waals surface area (Å²) in [5, 5.41) is 5.33. The van der Waals surface area contributed by atoms with Crippen molar-refractivity contribution in [1.29, 1.82) is 0 Å². The van der Waals surface area contributed by atoms with E-state index in [0.29, 0.717) is 0 Å². The van der Waals surface area contributed by atoms with Crippen LogP contribution < -0.4 is 0 Å². The second-order valence-electron chi connectivity index (χ2n) is 7.79. The summed E-state index contributed by atoms with van der Waals surface area (Å²) < 4.78 is 2.18. The number of carbonyl (C=O) groups is 1. The van der Waals surface area contributed by atoms with Gasteiger partial charge in [-0.15, -0.1) is 0 Å². The molecule has 0 aliphatic carbocycles. The first-order valence-electron chi connectivity index (χ1n) is 11.1. The third kappa shape index (κ3) is 5.38. The number of hydrogen-bond donors (Lipinski definition) is 0. The summed E-state index contributed by atoms with van der Waals surface area (Å²) in [6.45, 7) is 2.48. The van der Waals surface area contributed by atoms with E-state index in [0.717, 1.165) is 48.5 Å². The maximum absolute atomic E-state index is 11.2. The van der Waals surface area contributed by atoms with Crippen molar-refractivity contribution in [2.24, 2.45) is 0 Å². The quantitative estimate of drug-likeness (QED) is 0.255. The topological polar surface area (TPSA) is 34.9 Å². The summed E-state index contributed by atoms with van der Waals surface area (Å²) in [4.78, 5) is 11.2. The Bertz CT molecular complexity index is 1140. The molecule has 0 spiro atoms. The smallest absolute Gasteiger partial charge is 0.185 e. The zero-order valence-electron chi connectivity index (χ0n) is 18.4. The minimum absolute atomic E-state index is 0.198. The molecule has 3 nitrogen and oxygen atoms in total. The molecule has 0 aliphatic heterocycles. The molecule has 0 saturated heterocycles. The monoisotopic (exact) mass is 440 g/mol. The van der Waals surface area contributed by atoms with E-state index in [4.69, 9.17) is 5.10 Å². The van der Waals surface area contributed by atoms with Gasteiger partial charge in [0.05, 0.1) is 5.69 Å². The fourth-order valence-corrected chi connectivity index (χ4v) is 4.58. The lowest BCUT2D eigenvalue weighted by atomic mass is 9.96. The van der Waals surface area contributed by atoms with Crippen molar-refractivity contribution in [2.45, 2.75) is 32.7 Å². The summed E-state index contributed by atoms with van der Waals surface area (Å²) in [6, 6.07) is 31.6. The van der Waals surface area contributed by atoms with Crippen molar-refractivity contribution >= 4 is 16.9 Å². The van der Waals surface area contributed by atoms with Crippen LogP contribution in [-0.2, 0) is 11.3 Å². The third-order valence-electron chi connectivity index (χ3n) is 5.43. The molecule has 0 bridgehead atoms.